The number of nitrogens with two attached hydrogens (primary N) is 1. The van der Waals surface area contributed by atoms with Gasteiger partial charge in [-0.3, -0.25) is 9.59 Å². The van der Waals surface area contributed by atoms with E-state index in [2.05, 4.69) is 15.3 Å². The van der Waals surface area contributed by atoms with E-state index in [-0.39, 0.29) is 57.9 Å². The van der Waals surface area contributed by atoms with Crippen molar-refractivity contribution in [3.63, 3.8) is 0 Å². The minimum Gasteiger partial charge on any atom is -0.494 e. The van der Waals surface area contributed by atoms with Gasteiger partial charge < -0.3 is 25.6 Å². The molecule has 2 aliphatic rings. The fourth-order valence-electron chi connectivity index (χ4n) is 5.63. The van der Waals surface area contributed by atoms with Crippen molar-refractivity contribution in [3.05, 3.63) is 80.6 Å². The predicted molar refractivity (Wildman–Crippen MR) is 164 cm³/mol. The van der Waals surface area contributed by atoms with Crippen LogP contribution in [-0.2, 0) is 15.8 Å². The minimum atomic E-state index is -1.75. The van der Waals surface area contributed by atoms with Crippen LogP contribution in [-0.4, -0.2) is 47.2 Å². The molecule has 1 aliphatic carbocycles. The predicted octanol–water partition coefficient (Wildman–Crippen LogP) is 5.36. The number of aryl methyl sites for hydroxylation is 1. The Morgan fingerprint density at radius 3 is 2.53 bits per heavy atom. The van der Waals surface area contributed by atoms with Crippen molar-refractivity contribution < 1.29 is 33.0 Å². The minimum absolute atomic E-state index is 0.0550. The van der Waals surface area contributed by atoms with Crippen LogP contribution < -0.4 is 20.5 Å². The summed E-state index contributed by atoms with van der Waals surface area (Å²) >= 11 is 12.3. The molecule has 0 saturated heterocycles. The van der Waals surface area contributed by atoms with Gasteiger partial charge in [-0.05, 0) is 62.9 Å². The molecule has 1 fully saturated rings. The van der Waals surface area contributed by atoms with Crippen LogP contribution in [0.4, 0.5) is 8.78 Å². The van der Waals surface area contributed by atoms with Crippen molar-refractivity contribution in [2.24, 2.45) is 11.7 Å². The molecule has 3 heterocycles. The Balaban J connectivity index is 1.42. The lowest BCUT2D eigenvalue weighted by Gasteiger charge is -2.30. The third-order valence-corrected chi connectivity index (χ3v) is 9.26. The Morgan fingerprint density at radius 2 is 1.87 bits per heavy atom. The number of nitrogens with zero attached hydrogens (tertiary/aromatic N) is 2. The van der Waals surface area contributed by atoms with Crippen LogP contribution in [0.2, 0.25) is 10.0 Å². The number of benzene rings is 2. The SMILES string of the molecule is COc1cc(C(=O)NCC(O)(c2cc3c(c(-c4cc(Cl)c(F)cc4F)n2)OC[C@]3(C)C(N)=O)C2CC2)cc2cc(Cl)c(C)nc12. The Morgan fingerprint density at radius 1 is 1.13 bits per heavy atom. The number of aliphatic hydroxyl groups is 1. The monoisotopic (exact) mass is 656 g/mol. The fraction of sp³-hybridized carbons (Fsp3) is 0.312. The zero-order chi connectivity index (χ0) is 32.4. The van der Waals surface area contributed by atoms with Gasteiger partial charge in [-0.25, -0.2) is 18.7 Å². The first kappa shape index (κ1) is 30.9. The number of rotatable bonds is 8. The normalized spacial score (nSPS) is 18.7. The first-order chi connectivity index (χ1) is 21.3. The van der Waals surface area contributed by atoms with Gasteiger partial charge in [0, 0.05) is 28.1 Å². The molecule has 13 heteroatoms. The molecule has 4 aromatic rings. The molecule has 1 unspecified atom stereocenters. The number of aromatic nitrogens is 2. The quantitative estimate of drug-likeness (QED) is 0.217. The topological polar surface area (TPSA) is 137 Å². The Bertz CT molecular complexity index is 1920. The zero-order valence-corrected chi connectivity index (χ0v) is 25.9. The Kier molecular flexibility index (Phi) is 7.62. The summed E-state index contributed by atoms with van der Waals surface area (Å²) < 4.78 is 40.5. The van der Waals surface area contributed by atoms with Gasteiger partial charge in [-0.15, -0.1) is 0 Å². The summed E-state index contributed by atoms with van der Waals surface area (Å²) in [5.74, 6) is -3.06. The summed E-state index contributed by atoms with van der Waals surface area (Å²) in [5, 5.41) is 15.6. The maximum Gasteiger partial charge on any atom is 0.251 e. The average Bonchev–Trinajstić information content (AvgIpc) is 3.81. The van der Waals surface area contributed by atoms with Crippen LogP contribution in [0.15, 0.2) is 36.4 Å². The third kappa shape index (κ3) is 5.22. The molecule has 4 N–H and O–H groups in total. The Labute approximate surface area is 266 Å². The highest BCUT2D eigenvalue weighted by Crippen LogP contribution is 2.50. The molecular weight excluding hydrogens is 629 g/mol. The van der Waals surface area contributed by atoms with E-state index in [9.17, 15) is 19.1 Å². The van der Waals surface area contributed by atoms with E-state index < -0.39 is 34.5 Å². The number of primary amides is 1. The van der Waals surface area contributed by atoms with Gasteiger partial charge in [0.05, 0.1) is 35.1 Å². The number of amides is 2. The summed E-state index contributed by atoms with van der Waals surface area (Å²) in [4.78, 5) is 35.1. The lowest BCUT2D eigenvalue weighted by molar-refractivity contribution is -0.123. The van der Waals surface area contributed by atoms with Gasteiger partial charge >= 0.3 is 0 Å². The van der Waals surface area contributed by atoms with E-state index in [0.29, 0.717) is 46.3 Å². The average molecular weight is 658 g/mol. The number of halogens is 4. The number of carbonyl (C=O) groups is 2. The highest BCUT2D eigenvalue weighted by atomic mass is 35.5. The zero-order valence-electron chi connectivity index (χ0n) is 24.4. The Hall–Kier alpha value is -4.06. The van der Waals surface area contributed by atoms with Gasteiger partial charge in [-0.1, -0.05) is 23.2 Å². The number of hydrogen-bond donors (Lipinski definition) is 3. The maximum atomic E-state index is 15.2. The second-order valence-electron chi connectivity index (χ2n) is 11.7. The van der Waals surface area contributed by atoms with Crippen molar-refractivity contribution in [2.45, 2.75) is 37.7 Å². The standard InChI is InChI=1S/C32H28Cl2F2N4O5/c1-14-20(33)7-15-6-16(8-24(44-3)26(15)39-14)29(41)38-12-32(43,17-4-5-17)25-10-19-28(45-13-31(19,2)30(37)42)27(40-25)18-9-21(34)23(36)11-22(18)35/h6-11,17,43H,4-5,12-13H2,1-3H3,(H2,37,42)(H,38,41)/t31-,32?/m0/s1. The number of carbonyl (C=O) groups excluding carboxylic acids is 2. The molecule has 1 saturated carbocycles. The summed E-state index contributed by atoms with van der Waals surface area (Å²) in [6.45, 7) is 2.88. The molecule has 0 bridgehead atoms. The number of fused-ring (bicyclic) bond motifs is 2. The molecule has 0 radical (unpaired) electrons. The summed E-state index contributed by atoms with van der Waals surface area (Å²) in [7, 11) is 1.46. The van der Waals surface area contributed by atoms with E-state index in [1.165, 1.54) is 19.2 Å². The van der Waals surface area contributed by atoms with E-state index in [1.54, 1.807) is 26.0 Å². The van der Waals surface area contributed by atoms with Crippen molar-refractivity contribution in [2.75, 3.05) is 20.3 Å². The van der Waals surface area contributed by atoms with Crippen molar-refractivity contribution in [1.29, 1.82) is 0 Å². The first-order valence-corrected chi connectivity index (χ1v) is 14.8. The highest BCUT2D eigenvalue weighted by Gasteiger charge is 2.50. The lowest BCUT2D eigenvalue weighted by Crippen LogP contribution is -2.44. The molecule has 234 valence electrons. The highest BCUT2D eigenvalue weighted by molar-refractivity contribution is 6.32. The first-order valence-electron chi connectivity index (χ1n) is 14.1. The molecule has 2 aromatic carbocycles. The molecular formula is C32H28Cl2F2N4O5. The van der Waals surface area contributed by atoms with E-state index in [4.69, 9.17) is 38.4 Å². The number of nitrogens with one attached hydrogen (secondary N) is 1. The molecule has 2 aromatic heterocycles. The second-order valence-corrected chi connectivity index (χ2v) is 12.5. The smallest absolute Gasteiger partial charge is 0.251 e. The largest absolute Gasteiger partial charge is 0.494 e. The van der Waals surface area contributed by atoms with E-state index in [0.717, 1.165) is 6.07 Å². The summed E-state index contributed by atoms with van der Waals surface area (Å²) in [5.41, 5.74) is 4.10. The third-order valence-electron chi connectivity index (χ3n) is 8.59. The van der Waals surface area contributed by atoms with Crippen LogP contribution in [0.3, 0.4) is 0 Å². The second kappa shape index (κ2) is 11.1. The van der Waals surface area contributed by atoms with Crippen LogP contribution in [0.1, 0.15) is 47.1 Å². The van der Waals surface area contributed by atoms with Crippen molar-refractivity contribution >= 4 is 45.9 Å². The number of methoxy groups -OCH3 is 1. The van der Waals surface area contributed by atoms with Crippen LogP contribution in [0, 0.1) is 24.5 Å². The van der Waals surface area contributed by atoms with Crippen LogP contribution in [0.5, 0.6) is 11.5 Å². The van der Waals surface area contributed by atoms with Gasteiger partial charge in [0.25, 0.3) is 5.91 Å². The lowest BCUT2D eigenvalue weighted by atomic mass is 9.81. The van der Waals surface area contributed by atoms with E-state index >= 15 is 4.39 Å². The number of pyridine rings is 2. The van der Waals surface area contributed by atoms with E-state index in [1.807, 2.05) is 0 Å². The number of hydrogen-bond acceptors (Lipinski definition) is 7. The molecule has 2 amide bonds. The summed E-state index contributed by atoms with van der Waals surface area (Å²) in [6.07, 6.45) is 1.24. The molecule has 1 aliphatic heterocycles. The van der Waals surface area contributed by atoms with Gasteiger partial charge in [0.1, 0.15) is 52.0 Å². The van der Waals surface area contributed by atoms with Crippen LogP contribution >= 0.6 is 23.2 Å². The van der Waals surface area contributed by atoms with Gasteiger partial charge in [0.2, 0.25) is 5.91 Å². The van der Waals surface area contributed by atoms with Crippen molar-refractivity contribution in [1.82, 2.24) is 15.3 Å². The van der Waals surface area contributed by atoms with Crippen LogP contribution in [0.25, 0.3) is 22.2 Å². The van der Waals surface area contributed by atoms with Gasteiger partial charge in [0.15, 0.2) is 0 Å². The number of ether oxygens (including phenoxy) is 2. The molecule has 6 rings (SSSR count). The molecule has 9 nitrogen and oxygen atoms in total. The molecule has 2 atom stereocenters. The van der Waals surface area contributed by atoms with Gasteiger partial charge in [-0.2, -0.15) is 0 Å². The molecule has 0 spiro atoms. The molecule has 45 heavy (non-hydrogen) atoms. The van der Waals surface area contributed by atoms with Crippen molar-refractivity contribution in [3.8, 4) is 22.8 Å². The summed E-state index contributed by atoms with van der Waals surface area (Å²) in [6, 6.07) is 8.03. The maximum absolute atomic E-state index is 15.2. The fourth-order valence-corrected chi connectivity index (χ4v) is 5.95.